The van der Waals surface area contributed by atoms with Crippen molar-refractivity contribution in [2.45, 2.75) is 13.8 Å². The summed E-state index contributed by atoms with van der Waals surface area (Å²) in [5.41, 5.74) is 2.15. The molecule has 0 unspecified atom stereocenters. The molecule has 1 radical (unpaired) electrons. The molecule has 0 spiro atoms. The van der Waals surface area contributed by atoms with E-state index in [2.05, 4.69) is 11.4 Å². The van der Waals surface area contributed by atoms with Crippen LogP contribution in [0.15, 0.2) is 29.4 Å². The van der Waals surface area contributed by atoms with Crippen LogP contribution in [0.5, 0.6) is 0 Å². The third-order valence-electron chi connectivity index (χ3n) is 1.39. The standard InChI is InChI=1S/C10H12NO/c1-3-12-11-8-10-6-4-5-9(2)7-10/h4-7H,3H2,1-2H3. The molecule has 2 heteroatoms. The molecule has 0 aliphatic rings. The number of rotatable bonds is 3. The number of benzene rings is 1. The smallest absolute Gasteiger partial charge is 0.139 e. The van der Waals surface area contributed by atoms with Gasteiger partial charge in [-0.25, -0.2) is 0 Å². The van der Waals surface area contributed by atoms with Gasteiger partial charge in [-0.05, 0) is 19.9 Å². The molecule has 0 N–H and O–H groups in total. The summed E-state index contributed by atoms with van der Waals surface area (Å²) in [6, 6.07) is 7.95. The molecule has 0 amide bonds. The minimum Gasteiger partial charge on any atom is -0.396 e. The van der Waals surface area contributed by atoms with E-state index >= 15 is 0 Å². The van der Waals surface area contributed by atoms with Crippen LogP contribution < -0.4 is 0 Å². The number of aryl methyl sites for hydroxylation is 1. The average Bonchev–Trinajstić information content (AvgIpc) is 2.05. The normalized spacial score (nSPS) is 10.5. The molecule has 0 aromatic heterocycles. The summed E-state index contributed by atoms with van der Waals surface area (Å²) in [7, 11) is 0. The van der Waals surface area contributed by atoms with Crippen molar-refractivity contribution in [3.8, 4) is 0 Å². The second kappa shape index (κ2) is 4.54. The van der Waals surface area contributed by atoms with Crippen LogP contribution in [0.25, 0.3) is 0 Å². The maximum Gasteiger partial charge on any atom is 0.139 e. The van der Waals surface area contributed by atoms with Crippen LogP contribution in [0.2, 0.25) is 0 Å². The lowest BCUT2D eigenvalue weighted by Gasteiger charge is -1.93. The summed E-state index contributed by atoms with van der Waals surface area (Å²) >= 11 is 0. The monoisotopic (exact) mass is 162 g/mol. The molecule has 2 nitrogen and oxygen atoms in total. The lowest BCUT2D eigenvalue weighted by Crippen LogP contribution is -1.84. The average molecular weight is 162 g/mol. The predicted octanol–water partition coefficient (Wildman–Crippen LogP) is 2.24. The van der Waals surface area contributed by atoms with E-state index < -0.39 is 0 Å². The first-order valence-corrected chi connectivity index (χ1v) is 3.97. The molecule has 0 bridgehead atoms. The molecule has 0 aliphatic carbocycles. The molecule has 0 aliphatic heterocycles. The Kier molecular flexibility index (Phi) is 3.33. The second-order valence-electron chi connectivity index (χ2n) is 2.49. The van der Waals surface area contributed by atoms with Gasteiger partial charge in [0.25, 0.3) is 0 Å². The highest BCUT2D eigenvalue weighted by Crippen LogP contribution is 2.00. The van der Waals surface area contributed by atoms with Gasteiger partial charge in [-0.1, -0.05) is 28.9 Å². The van der Waals surface area contributed by atoms with E-state index in [1.807, 2.05) is 38.1 Å². The quantitative estimate of drug-likeness (QED) is 0.493. The van der Waals surface area contributed by atoms with Gasteiger partial charge in [-0.3, -0.25) is 0 Å². The fourth-order valence-electron chi connectivity index (χ4n) is 0.864. The number of hydrogen-bond donors (Lipinski definition) is 0. The zero-order valence-corrected chi connectivity index (χ0v) is 7.37. The van der Waals surface area contributed by atoms with Crippen molar-refractivity contribution in [1.82, 2.24) is 0 Å². The summed E-state index contributed by atoms with van der Waals surface area (Å²) in [6.45, 7) is 4.51. The molecule has 1 rings (SSSR count). The Morgan fingerprint density at radius 2 is 2.33 bits per heavy atom. The lowest BCUT2D eigenvalue weighted by atomic mass is 10.2. The van der Waals surface area contributed by atoms with Gasteiger partial charge in [0.15, 0.2) is 0 Å². The van der Waals surface area contributed by atoms with E-state index in [-0.39, 0.29) is 0 Å². The van der Waals surface area contributed by atoms with Gasteiger partial charge in [0.05, 0.1) is 0 Å². The van der Waals surface area contributed by atoms with E-state index in [4.69, 9.17) is 4.84 Å². The van der Waals surface area contributed by atoms with Crippen LogP contribution in [0.3, 0.4) is 0 Å². The Morgan fingerprint density at radius 1 is 1.50 bits per heavy atom. The van der Waals surface area contributed by atoms with Crippen molar-refractivity contribution >= 4 is 6.21 Å². The first-order valence-electron chi connectivity index (χ1n) is 3.97. The van der Waals surface area contributed by atoms with Gasteiger partial charge in [0.1, 0.15) is 12.8 Å². The Hall–Kier alpha value is -1.31. The minimum absolute atomic E-state index is 0.582. The van der Waals surface area contributed by atoms with Crippen molar-refractivity contribution < 1.29 is 4.84 Å². The molecule has 0 atom stereocenters. The third kappa shape index (κ3) is 2.74. The van der Waals surface area contributed by atoms with Crippen molar-refractivity contribution in [2.75, 3.05) is 6.61 Å². The summed E-state index contributed by atoms with van der Waals surface area (Å²) in [4.78, 5) is 4.79. The van der Waals surface area contributed by atoms with Crippen molar-refractivity contribution in [3.05, 3.63) is 35.4 Å². The zero-order valence-electron chi connectivity index (χ0n) is 7.37. The lowest BCUT2D eigenvalue weighted by molar-refractivity contribution is 0.160. The summed E-state index contributed by atoms with van der Waals surface area (Å²) in [6.07, 6.45) is 2.79. The highest BCUT2D eigenvalue weighted by molar-refractivity contribution is 5.79. The largest absolute Gasteiger partial charge is 0.396 e. The fourth-order valence-corrected chi connectivity index (χ4v) is 0.864. The van der Waals surface area contributed by atoms with Crippen molar-refractivity contribution in [1.29, 1.82) is 0 Å². The third-order valence-corrected chi connectivity index (χ3v) is 1.39. The van der Waals surface area contributed by atoms with Gasteiger partial charge >= 0.3 is 0 Å². The van der Waals surface area contributed by atoms with E-state index in [0.29, 0.717) is 6.61 Å². The van der Waals surface area contributed by atoms with E-state index in [1.54, 1.807) is 0 Å². The first-order chi connectivity index (χ1) is 5.83. The van der Waals surface area contributed by atoms with Crippen molar-refractivity contribution in [2.24, 2.45) is 5.16 Å². The van der Waals surface area contributed by atoms with Crippen LogP contribution >= 0.6 is 0 Å². The van der Waals surface area contributed by atoms with Crippen LogP contribution in [-0.4, -0.2) is 12.8 Å². The maximum atomic E-state index is 4.79. The Morgan fingerprint density at radius 3 is 3.00 bits per heavy atom. The first kappa shape index (κ1) is 8.78. The summed E-state index contributed by atoms with van der Waals surface area (Å²) < 4.78 is 0. The second-order valence-corrected chi connectivity index (χ2v) is 2.49. The molecule has 1 aromatic rings. The summed E-state index contributed by atoms with van der Waals surface area (Å²) in [5.74, 6) is 0. The van der Waals surface area contributed by atoms with Gasteiger partial charge in [0.2, 0.25) is 0 Å². The van der Waals surface area contributed by atoms with Gasteiger partial charge in [0, 0.05) is 5.56 Å². The zero-order chi connectivity index (χ0) is 8.81. The fraction of sp³-hybridized carbons (Fsp3) is 0.300. The predicted molar refractivity (Wildman–Crippen MR) is 49.3 cm³/mol. The number of nitrogens with zero attached hydrogens (tertiary/aromatic N) is 1. The highest BCUT2D eigenvalue weighted by Gasteiger charge is 1.88. The minimum atomic E-state index is 0.582. The van der Waals surface area contributed by atoms with Crippen molar-refractivity contribution in [3.63, 3.8) is 0 Å². The van der Waals surface area contributed by atoms with Gasteiger partial charge < -0.3 is 4.84 Å². The molecular weight excluding hydrogens is 150 g/mol. The van der Waals surface area contributed by atoms with E-state index in [1.165, 1.54) is 5.56 Å². The van der Waals surface area contributed by atoms with E-state index in [9.17, 15) is 0 Å². The topological polar surface area (TPSA) is 21.6 Å². The Labute approximate surface area is 72.9 Å². The Bertz CT molecular complexity index is 268. The molecular formula is C10H12NO. The van der Waals surface area contributed by atoms with Crippen LogP contribution in [-0.2, 0) is 4.84 Å². The maximum absolute atomic E-state index is 4.79. The molecule has 0 fully saturated rings. The van der Waals surface area contributed by atoms with Gasteiger partial charge in [-0.15, -0.1) is 0 Å². The molecule has 0 heterocycles. The molecule has 1 aromatic carbocycles. The molecule has 12 heavy (non-hydrogen) atoms. The van der Waals surface area contributed by atoms with Crippen LogP contribution in [0.4, 0.5) is 0 Å². The van der Waals surface area contributed by atoms with Gasteiger partial charge in [-0.2, -0.15) is 0 Å². The summed E-state index contributed by atoms with van der Waals surface area (Å²) in [5, 5.41) is 3.65. The Balaban J connectivity index is 2.63. The molecule has 63 valence electrons. The van der Waals surface area contributed by atoms with E-state index in [0.717, 1.165) is 5.56 Å². The molecule has 0 saturated heterocycles. The highest BCUT2D eigenvalue weighted by atomic mass is 16.6. The van der Waals surface area contributed by atoms with Crippen LogP contribution in [0, 0.1) is 6.92 Å². The molecule has 0 saturated carbocycles. The number of hydrogen-bond acceptors (Lipinski definition) is 2. The SMILES string of the molecule is CCO/N=[C]/c1cccc(C)c1. The van der Waals surface area contributed by atoms with Crippen LogP contribution in [0.1, 0.15) is 18.1 Å².